The highest BCUT2D eigenvalue weighted by Crippen LogP contribution is 2.14. The zero-order chi connectivity index (χ0) is 12.8. The van der Waals surface area contributed by atoms with Crippen LogP contribution in [0.2, 0.25) is 0 Å². The molecule has 0 radical (unpaired) electrons. The highest BCUT2D eigenvalue weighted by Gasteiger charge is 2.01. The number of hydrogen-bond acceptors (Lipinski definition) is 3. The summed E-state index contributed by atoms with van der Waals surface area (Å²) < 4.78 is 0. The van der Waals surface area contributed by atoms with E-state index >= 15 is 0 Å². The fourth-order valence-electron chi connectivity index (χ4n) is 1.39. The molecule has 18 heavy (non-hydrogen) atoms. The van der Waals surface area contributed by atoms with Crippen molar-refractivity contribution < 1.29 is 4.79 Å². The van der Waals surface area contributed by atoms with Crippen molar-refractivity contribution in [1.82, 2.24) is 4.98 Å². The molecule has 0 spiro atoms. The van der Waals surface area contributed by atoms with Crippen molar-refractivity contribution >= 4 is 23.9 Å². The number of carbonyl (C=O) groups excluding carboxylic acids is 1. The van der Waals surface area contributed by atoms with Gasteiger partial charge in [0.15, 0.2) is 0 Å². The Morgan fingerprint density at radius 1 is 1.28 bits per heavy atom. The normalized spacial score (nSPS) is 10.7. The van der Waals surface area contributed by atoms with Crippen LogP contribution in [0.5, 0.6) is 0 Å². The van der Waals surface area contributed by atoms with Crippen LogP contribution in [0.25, 0.3) is 0 Å². The van der Waals surface area contributed by atoms with E-state index in [1.54, 1.807) is 36.3 Å². The van der Waals surface area contributed by atoms with E-state index in [2.05, 4.69) is 9.98 Å². The minimum atomic E-state index is -0.281. The van der Waals surface area contributed by atoms with E-state index in [9.17, 15) is 4.79 Å². The van der Waals surface area contributed by atoms with Gasteiger partial charge in [0.25, 0.3) is 5.91 Å². The largest absolute Gasteiger partial charge is 0.278 e. The number of nitrogens with zero attached hydrogens (tertiary/aromatic N) is 2. The molecule has 1 heterocycles. The number of aliphatic imine (C=N–C) groups is 1. The quantitative estimate of drug-likeness (QED) is 0.626. The van der Waals surface area contributed by atoms with Gasteiger partial charge in [0.05, 0.1) is 5.56 Å². The van der Waals surface area contributed by atoms with Crippen LogP contribution in [0.3, 0.4) is 0 Å². The maximum absolute atomic E-state index is 11.7. The Morgan fingerprint density at radius 2 is 2.06 bits per heavy atom. The Morgan fingerprint density at radius 3 is 2.67 bits per heavy atom. The van der Waals surface area contributed by atoms with Crippen LogP contribution in [0.4, 0.5) is 0 Å². The second-order valence-corrected chi connectivity index (χ2v) is 4.46. The van der Waals surface area contributed by atoms with Crippen LogP contribution in [0.1, 0.15) is 15.9 Å². The van der Waals surface area contributed by atoms with Gasteiger partial charge in [-0.05, 0) is 36.1 Å². The fourth-order valence-corrected chi connectivity index (χ4v) is 1.80. The van der Waals surface area contributed by atoms with Gasteiger partial charge in [-0.1, -0.05) is 12.1 Å². The van der Waals surface area contributed by atoms with Gasteiger partial charge >= 0.3 is 0 Å². The van der Waals surface area contributed by atoms with Gasteiger partial charge in [0.1, 0.15) is 0 Å². The molecule has 0 aliphatic carbocycles. The summed E-state index contributed by atoms with van der Waals surface area (Å²) in [6, 6.07) is 11.3. The highest BCUT2D eigenvalue weighted by molar-refractivity contribution is 7.98. The Labute approximate surface area is 110 Å². The number of aromatic nitrogens is 1. The fraction of sp³-hybridized carbons (Fsp3) is 0.0714. The third-order valence-electron chi connectivity index (χ3n) is 2.36. The number of hydrogen-bond donors (Lipinski definition) is 0. The molecule has 0 aliphatic rings. The molecule has 1 amide bonds. The Hall–Kier alpha value is -1.94. The summed E-state index contributed by atoms with van der Waals surface area (Å²) in [7, 11) is 0. The lowest BCUT2D eigenvalue weighted by atomic mass is 10.2. The predicted molar refractivity (Wildman–Crippen MR) is 74.4 cm³/mol. The summed E-state index contributed by atoms with van der Waals surface area (Å²) in [6.07, 6.45) is 6.73. The molecule has 4 heteroatoms. The molecule has 90 valence electrons. The van der Waals surface area contributed by atoms with Gasteiger partial charge in [-0.15, -0.1) is 11.8 Å². The second-order valence-electron chi connectivity index (χ2n) is 3.58. The average Bonchev–Trinajstić information content (AvgIpc) is 2.46. The number of carbonyl (C=O) groups is 1. The summed E-state index contributed by atoms with van der Waals surface area (Å²) in [5, 5.41) is 0. The molecule has 0 atom stereocenters. The van der Waals surface area contributed by atoms with Crippen LogP contribution in [-0.2, 0) is 0 Å². The van der Waals surface area contributed by atoms with Crippen molar-refractivity contribution in [2.24, 2.45) is 4.99 Å². The van der Waals surface area contributed by atoms with Crippen molar-refractivity contribution in [2.45, 2.75) is 4.90 Å². The Balaban J connectivity index is 2.08. The molecule has 3 nitrogen and oxygen atoms in total. The molecule has 0 saturated heterocycles. The summed E-state index contributed by atoms with van der Waals surface area (Å²) in [6.45, 7) is 0. The molecule has 0 aliphatic heterocycles. The minimum Gasteiger partial charge on any atom is -0.267 e. The third kappa shape index (κ3) is 3.28. The first-order valence-corrected chi connectivity index (χ1v) is 6.64. The molecule has 2 aromatic rings. The molecule has 0 unspecified atom stereocenters. The van der Waals surface area contributed by atoms with E-state index in [1.807, 2.05) is 30.5 Å². The van der Waals surface area contributed by atoms with Crippen LogP contribution >= 0.6 is 11.8 Å². The number of pyridine rings is 1. The summed E-state index contributed by atoms with van der Waals surface area (Å²) in [4.78, 5) is 20.7. The Kier molecular flexibility index (Phi) is 4.25. The van der Waals surface area contributed by atoms with Crippen molar-refractivity contribution in [3.05, 3.63) is 59.9 Å². The maximum Gasteiger partial charge on any atom is 0.278 e. The molecule has 0 bridgehead atoms. The summed E-state index contributed by atoms with van der Waals surface area (Å²) >= 11 is 1.68. The van der Waals surface area contributed by atoms with Gasteiger partial charge in [0, 0.05) is 23.5 Å². The number of amides is 1. The Bertz CT molecular complexity index is 550. The van der Waals surface area contributed by atoms with Crippen LogP contribution in [0, 0.1) is 0 Å². The van der Waals surface area contributed by atoms with E-state index in [0.29, 0.717) is 5.56 Å². The lowest BCUT2D eigenvalue weighted by Gasteiger charge is -1.96. The molecule has 0 saturated carbocycles. The van der Waals surface area contributed by atoms with E-state index in [0.717, 1.165) is 5.56 Å². The van der Waals surface area contributed by atoms with Gasteiger partial charge in [0.2, 0.25) is 0 Å². The lowest BCUT2D eigenvalue weighted by Crippen LogP contribution is -1.96. The predicted octanol–water partition coefficient (Wildman–Crippen LogP) is 3.06. The standard InChI is InChI=1S/C14H12N2OS/c1-18-13-6-4-11(5-7-13)9-16-14(17)12-3-2-8-15-10-12/h2-10H,1H3. The van der Waals surface area contributed by atoms with Gasteiger partial charge < -0.3 is 0 Å². The molecular formula is C14H12N2OS. The van der Waals surface area contributed by atoms with Crippen molar-refractivity contribution in [1.29, 1.82) is 0 Å². The monoisotopic (exact) mass is 256 g/mol. The smallest absolute Gasteiger partial charge is 0.267 e. The van der Waals surface area contributed by atoms with E-state index < -0.39 is 0 Å². The second kappa shape index (κ2) is 6.12. The zero-order valence-electron chi connectivity index (χ0n) is 9.91. The van der Waals surface area contributed by atoms with Gasteiger partial charge in [-0.25, -0.2) is 4.99 Å². The van der Waals surface area contributed by atoms with E-state index in [1.165, 1.54) is 11.1 Å². The topological polar surface area (TPSA) is 42.3 Å². The highest BCUT2D eigenvalue weighted by atomic mass is 32.2. The van der Waals surface area contributed by atoms with Crippen LogP contribution in [0.15, 0.2) is 58.7 Å². The first-order chi connectivity index (χ1) is 8.79. The molecule has 0 fully saturated rings. The first kappa shape index (κ1) is 12.5. The number of thioether (sulfide) groups is 1. The average molecular weight is 256 g/mol. The summed E-state index contributed by atoms with van der Waals surface area (Å²) in [5.74, 6) is -0.281. The lowest BCUT2D eigenvalue weighted by molar-refractivity contribution is 0.100. The number of rotatable bonds is 3. The first-order valence-electron chi connectivity index (χ1n) is 5.42. The SMILES string of the molecule is CSc1ccc(C=NC(=O)c2cccnc2)cc1. The maximum atomic E-state index is 11.7. The zero-order valence-corrected chi connectivity index (χ0v) is 10.7. The number of benzene rings is 1. The van der Waals surface area contributed by atoms with Crippen molar-refractivity contribution in [2.75, 3.05) is 6.26 Å². The molecule has 1 aromatic heterocycles. The van der Waals surface area contributed by atoms with Crippen LogP contribution in [-0.4, -0.2) is 23.4 Å². The molecular weight excluding hydrogens is 244 g/mol. The third-order valence-corrected chi connectivity index (χ3v) is 3.10. The van der Waals surface area contributed by atoms with Gasteiger partial charge in [-0.3, -0.25) is 9.78 Å². The summed E-state index contributed by atoms with van der Waals surface area (Å²) in [5.41, 5.74) is 1.40. The molecule has 0 N–H and O–H groups in total. The molecule has 2 rings (SSSR count). The van der Waals surface area contributed by atoms with Crippen molar-refractivity contribution in [3.8, 4) is 0 Å². The van der Waals surface area contributed by atoms with Gasteiger partial charge in [-0.2, -0.15) is 0 Å². The van der Waals surface area contributed by atoms with E-state index in [4.69, 9.17) is 0 Å². The van der Waals surface area contributed by atoms with Crippen molar-refractivity contribution in [3.63, 3.8) is 0 Å². The van der Waals surface area contributed by atoms with Crippen LogP contribution < -0.4 is 0 Å². The molecule has 1 aromatic carbocycles. The minimum absolute atomic E-state index is 0.281. The van der Waals surface area contributed by atoms with E-state index in [-0.39, 0.29) is 5.91 Å².